The van der Waals surface area contributed by atoms with Crippen molar-refractivity contribution in [2.75, 3.05) is 13.1 Å². The van der Waals surface area contributed by atoms with E-state index in [-0.39, 0.29) is 6.03 Å². The lowest BCUT2D eigenvalue weighted by molar-refractivity contribution is -0.139. The van der Waals surface area contributed by atoms with Gasteiger partial charge >= 0.3 is 12.0 Å². The highest BCUT2D eigenvalue weighted by atomic mass is 35.5. The third-order valence-electron chi connectivity index (χ3n) is 3.01. The number of aliphatic carboxylic acids is 1. The Balaban J connectivity index is 2.91. The lowest BCUT2D eigenvalue weighted by atomic mass is 10.1. The van der Waals surface area contributed by atoms with E-state index in [0.717, 1.165) is 12.8 Å². The molecule has 5 nitrogen and oxygen atoms in total. The minimum absolute atomic E-state index is 0.322. The first-order valence-electron chi connectivity index (χ1n) is 7.03. The number of benzene rings is 1. The normalized spacial score (nSPS) is 11.8. The number of rotatable bonds is 7. The van der Waals surface area contributed by atoms with Crippen LogP contribution in [0.15, 0.2) is 24.3 Å². The molecule has 0 unspecified atom stereocenters. The molecule has 1 rings (SSSR count). The molecule has 0 aliphatic carbocycles. The van der Waals surface area contributed by atoms with Gasteiger partial charge in [-0.15, -0.1) is 0 Å². The number of carbonyl (C=O) groups is 2. The number of nitrogens with one attached hydrogen (secondary N) is 1. The Bertz CT molecular complexity index is 488. The summed E-state index contributed by atoms with van der Waals surface area (Å²) in [5.41, 5.74) is 0.382. The first-order chi connectivity index (χ1) is 10.0. The number of nitrogens with zero attached hydrogens (tertiary/aromatic N) is 1. The predicted octanol–water partition coefficient (Wildman–Crippen LogP) is 3.30. The van der Waals surface area contributed by atoms with E-state index < -0.39 is 12.0 Å². The van der Waals surface area contributed by atoms with Crippen LogP contribution in [0.5, 0.6) is 0 Å². The van der Waals surface area contributed by atoms with Crippen LogP contribution in [-0.2, 0) is 4.79 Å². The van der Waals surface area contributed by atoms with Crippen molar-refractivity contribution in [3.05, 3.63) is 34.9 Å². The highest BCUT2D eigenvalue weighted by molar-refractivity contribution is 6.31. The van der Waals surface area contributed by atoms with E-state index >= 15 is 0 Å². The molecule has 2 N–H and O–H groups in total. The molecule has 0 heterocycles. The van der Waals surface area contributed by atoms with Gasteiger partial charge in [-0.05, 0) is 18.9 Å². The van der Waals surface area contributed by atoms with Gasteiger partial charge in [0, 0.05) is 23.7 Å². The fraction of sp³-hybridized carbons (Fsp3) is 0.467. The van der Waals surface area contributed by atoms with Crippen LogP contribution in [-0.4, -0.2) is 35.1 Å². The smallest absolute Gasteiger partial charge is 0.331 e. The molecule has 0 spiro atoms. The third-order valence-corrected chi connectivity index (χ3v) is 3.35. The van der Waals surface area contributed by atoms with Gasteiger partial charge in [0.1, 0.15) is 0 Å². The summed E-state index contributed by atoms with van der Waals surface area (Å²) < 4.78 is 0. The second-order valence-electron chi connectivity index (χ2n) is 4.73. The van der Waals surface area contributed by atoms with Crippen molar-refractivity contribution in [3.63, 3.8) is 0 Å². The SMILES string of the molecule is CCCN(CCC)C(=O)N[C@@H](C(=O)O)c1ccccc1Cl. The van der Waals surface area contributed by atoms with E-state index in [2.05, 4.69) is 5.32 Å². The quantitative estimate of drug-likeness (QED) is 0.811. The molecular weight excluding hydrogens is 292 g/mol. The fourth-order valence-corrected chi connectivity index (χ4v) is 2.30. The van der Waals surface area contributed by atoms with E-state index in [9.17, 15) is 14.7 Å². The molecule has 1 aromatic rings. The van der Waals surface area contributed by atoms with Crippen molar-refractivity contribution in [1.29, 1.82) is 0 Å². The third kappa shape index (κ3) is 4.93. The van der Waals surface area contributed by atoms with Crippen LogP contribution in [0.4, 0.5) is 4.79 Å². The molecule has 0 aliphatic heterocycles. The maximum absolute atomic E-state index is 12.2. The van der Waals surface area contributed by atoms with Gasteiger partial charge in [0.2, 0.25) is 0 Å². The van der Waals surface area contributed by atoms with Gasteiger partial charge in [-0.3, -0.25) is 0 Å². The van der Waals surface area contributed by atoms with Gasteiger partial charge in [-0.1, -0.05) is 43.6 Å². The largest absolute Gasteiger partial charge is 0.479 e. The monoisotopic (exact) mass is 312 g/mol. The maximum atomic E-state index is 12.2. The number of urea groups is 1. The summed E-state index contributed by atoms with van der Waals surface area (Å²) in [6.45, 7) is 5.13. The first kappa shape index (κ1) is 17.3. The number of carboxylic acid groups (broad SMARTS) is 1. The van der Waals surface area contributed by atoms with Crippen LogP contribution in [0.25, 0.3) is 0 Å². The molecule has 2 amide bonds. The zero-order valence-corrected chi connectivity index (χ0v) is 13.1. The molecule has 21 heavy (non-hydrogen) atoms. The van der Waals surface area contributed by atoms with Crippen LogP contribution in [0, 0.1) is 0 Å². The lowest BCUT2D eigenvalue weighted by Crippen LogP contribution is -2.44. The zero-order valence-electron chi connectivity index (χ0n) is 12.3. The number of halogens is 1. The summed E-state index contributed by atoms with van der Waals surface area (Å²) in [5.74, 6) is -1.13. The van der Waals surface area contributed by atoms with Crippen molar-refractivity contribution in [2.24, 2.45) is 0 Å². The van der Waals surface area contributed by atoms with Gasteiger partial charge in [0.25, 0.3) is 0 Å². The van der Waals surface area contributed by atoms with E-state index in [1.807, 2.05) is 13.8 Å². The van der Waals surface area contributed by atoms with Crippen molar-refractivity contribution in [2.45, 2.75) is 32.7 Å². The van der Waals surface area contributed by atoms with Crippen molar-refractivity contribution in [1.82, 2.24) is 10.2 Å². The predicted molar refractivity (Wildman–Crippen MR) is 82.5 cm³/mol. The second kappa shape index (κ2) is 8.52. The number of amides is 2. The van der Waals surface area contributed by atoms with Gasteiger partial charge in [0.05, 0.1) is 0 Å². The molecule has 1 aromatic carbocycles. The Kier molecular flexibility index (Phi) is 7.02. The number of hydrogen-bond acceptors (Lipinski definition) is 2. The maximum Gasteiger partial charge on any atom is 0.331 e. The average Bonchev–Trinajstić information content (AvgIpc) is 2.45. The fourth-order valence-electron chi connectivity index (χ4n) is 2.05. The molecule has 0 saturated carbocycles. The molecule has 1 atom stereocenters. The summed E-state index contributed by atoms with van der Waals surface area (Å²) in [5, 5.41) is 12.2. The Labute approximate surface area is 129 Å². The van der Waals surface area contributed by atoms with Gasteiger partial charge < -0.3 is 15.3 Å². The minimum Gasteiger partial charge on any atom is -0.479 e. The van der Waals surface area contributed by atoms with E-state index in [1.165, 1.54) is 0 Å². The van der Waals surface area contributed by atoms with Crippen LogP contribution in [0.1, 0.15) is 38.3 Å². The summed E-state index contributed by atoms with van der Waals surface area (Å²) in [6, 6.07) is 5.08. The lowest BCUT2D eigenvalue weighted by Gasteiger charge is -2.25. The Hall–Kier alpha value is -1.75. The standard InChI is InChI=1S/C15H21ClN2O3/c1-3-9-18(10-4-2)15(21)17-13(14(19)20)11-7-5-6-8-12(11)16/h5-8,13H,3-4,9-10H2,1-2H3,(H,17,21)(H,19,20)/t13-/m1/s1. The molecule has 116 valence electrons. The second-order valence-corrected chi connectivity index (χ2v) is 5.14. The van der Waals surface area contributed by atoms with E-state index in [0.29, 0.717) is 23.7 Å². The van der Waals surface area contributed by atoms with Gasteiger partial charge in [-0.2, -0.15) is 0 Å². The topological polar surface area (TPSA) is 69.6 Å². The van der Waals surface area contributed by atoms with Crippen molar-refractivity contribution in [3.8, 4) is 0 Å². The minimum atomic E-state index is -1.15. The summed E-state index contributed by atoms with van der Waals surface area (Å²) in [6.07, 6.45) is 1.63. The molecule has 0 radical (unpaired) electrons. The Morgan fingerprint density at radius 3 is 2.29 bits per heavy atom. The average molecular weight is 313 g/mol. The highest BCUT2D eigenvalue weighted by Gasteiger charge is 2.26. The number of carbonyl (C=O) groups excluding carboxylic acids is 1. The van der Waals surface area contributed by atoms with Crippen LogP contribution in [0.3, 0.4) is 0 Å². The number of carboxylic acids is 1. The van der Waals surface area contributed by atoms with Crippen molar-refractivity contribution >= 4 is 23.6 Å². The van der Waals surface area contributed by atoms with Gasteiger partial charge in [0.15, 0.2) is 6.04 Å². The van der Waals surface area contributed by atoms with Crippen LogP contribution >= 0.6 is 11.6 Å². The molecule has 0 aromatic heterocycles. The zero-order chi connectivity index (χ0) is 15.8. The van der Waals surface area contributed by atoms with Crippen LogP contribution in [0.2, 0.25) is 5.02 Å². The molecule has 0 saturated heterocycles. The van der Waals surface area contributed by atoms with Gasteiger partial charge in [-0.25, -0.2) is 9.59 Å². The molecular formula is C15H21ClN2O3. The summed E-state index contributed by atoms with van der Waals surface area (Å²) >= 11 is 6.02. The molecule has 0 aliphatic rings. The Morgan fingerprint density at radius 1 is 1.24 bits per heavy atom. The van der Waals surface area contributed by atoms with E-state index in [4.69, 9.17) is 11.6 Å². The molecule has 6 heteroatoms. The Morgan fingerprint density at radius 2 is 1.81 bits per heavy atom. The molecule has 0 fully saturated rings. The first-order valence-corrected chi connectivity index (χ1v) is 7.41. The highest BCUT2D eigenvalue weighted by Crippen LogP contribution is 2.23. The van der Waals surface area contributed by atoms with E-state index in [1.54, 1.807) is 29.2 Å². The summed E-state index contributed by atoms with van der Waals surface area (Å²) in [4.78, 5) is 25.3. The summed E-state index contributed by atoms with van der Waals surface area (Å²) in [7, 11) is 0. The molecule has 0 bridgehead atoms. The van der Waals surface area contributed by atoms with Crippen molar-refractivity contribution < 1.29 is 14.7 Å². The number of hydrogen-bond donors (Lipinski definition) is 2. The van der Waals surface area contributed by atoms with Crippen LogP contribution < -0.4 is 5.32 Å².